The third kappa shape index (κ3) is 4.04. The molecule has 5 nitrogen and oxygen atoms in total. The summed E-state index contributed by atoms with van der Waals surface area (Å²) in [7, 11) is 0. The van der Waals surface area contributed by atoms with E-state index in [1.54, 1.807) is 13.8 Å². The minimum Gasteiger partial charge on any atom is -0.481 e. The van der Waals surface area contributed by atoms with E-state index in [0.717, 1.165) is 6.07 Å². The lowest BCUT2D eigenvalue weighted by atomic mass is 10.2. The summed E-state index contributed by atoms with van der Waals surface area (Å²) in [5.74, 6) is -2.56. The fourth-order valence-electron chi connectivity index (χ4n) is 1.26. The van der Waals surface area contributed by atoms with Crippen LogP contribution < -0.4 is 10.1 Å². The Morgan fingerprint density at radius 2 is 2.11 bits per heavy atom. The number of carbonyl (C=O) groups excluding carboxylic acids is 1. The van der Waals surface area contributed by atoms with Crippen LogP contribution in [0, 0.1) is 5.82 Å². The summed E-state index contributed by atoms with van der Waals surface area (Å²) in [5, 5.41) is 11.2. The summed E-state index contributed by atoms with van der Waals surface area (Å²) in [5.41, 5.74) is -0.175. The molecule has 0 fully saturated rings. The van der Waals surface area contributed by atoms with Crippen molar-refractivity contribution in [2.45, 2.75) is 19.9 Å². The van der Waals surface area contributed by atoms with Gasteiger partial charge >= 0.3 is 5.97 Å². The van der Waals surface area contributed by atoms with Crippen LogP contribution in [0.5, 0.6) is 5.75 Å². The summed E-state index contributed by atoms with van der Waals surface area (Å²) in [6.45, 7) is 3.27. The third-order valence-corrected chi connectivity index (χ3v) is 1.99. The zero-order valence-corrected chi connectivity index (χ0v) is 10.1. The van der Waals surface area contributed by atoms with Crippen LogP contribution >= 0.6 is 0 Å². The van der Waals surface area contributed by atoms with Gasteiger partial charge in [-0.25, -0.2) is 9.18 Å². The molecule has 98 valence electrons. The average Bonchev–Trinajstić information content (AvgIpc) is 2.26. The van der Waals surface area contributed by atoms with Gasteiger partial charge in [-0.05, 0) is 32.0 Å². The Morgan fingerprint density at radius 1 is 1.44 bits per heavy atom. The Bertz CT molecular complexity index is 459. The number of carboxylic acid groups (broad SMARTS) is 1. The minimum atomic E-state index is -1.22. The van der Waals surface area contributed by atoms with Crippen LogP contribution in [-0.4, -0.2) is 29.6 Å². The maximum absolute atomic E-state index is 13.4. The normalized spacial score (nSPS) is 10.2. The highest BCUT2D eigenvalue weighted by Gasteiger charge is 2.11. The van der Waals surface area contributed by atoms with E-state index in [2.05, 4.69) is 5.32 Å². The topological polar surface area (TPSA) is 75.6 Å². The van der Waals surface area contributed by atoms with E-state index >= 15 is 0 Å². The van der Waals surface area contributed by atoms with Crippen LogP contribution in [0.15, 0.2) is 18.2 Å². The minimum absolute atomic E-state index is 0.0275. The smallest absolute Gasteiger partial charge is 0.335 e. The lowest BCUT2D eigenvalue weighted by molar-refractivity contribution is -0.123. The molecule has 0 heterocycles. The van der Waals surface area contributed by atoms with Crippen LogP contribution in [0.25, 0.3) is 0 Å². The highest BCUT2D eigenvalue weighted by molar-refractivity contribution is 5.87. The number of hydrogen-bond donors (Lipinski definition) is 2. The van der Waals surface area contributed by atoms with E-state index in [1.807, 2.05) is 0 Å². The number of ether oxygens (including phenoxy) is 1. The molecule has 0 atom stereocenters. The molecule has 0 saturated carbocycles. The lowest BCUT2D eigenvalue weighted by Crippen LogP contribution is -2.34. The van der Waals surface area contributed by atoms with Crippen LogP contribution in [0.4, 0.5) is 4.39 Å². The molecule has 0 aliphatic heterocycles. The number of amides is 1. The summed E-state index contributed by atoms with van der Waals surface area (Å²) in [6.07, 6.45) is 0. The maximum Gasteiger partial charge on any atom is 0.335 e. The first-order valence-electron chi connectivity index (χ1n) is 5.35. The van der Waals surface area contributed by atoms with E-state index in [4.69, 9.17) is 9.84 Å². The summed E-state index contributed by atoms with van der Waals surface area (Å²) in [6, 6.07) is 3.21. The van der Waals surface area contributed by atoms with Crippen molar-refractivity contribution in [3.8, 4) is 5.75 Å². The Balaban J connectivity index is 2.63. The van der Waals surface area contributed by atoms with E-state index in [1.165, 1.54) is 12.1 Å². The second-order valence-corrected chi connectivity index (χ2v) is 3.96. The van der Waals surface area contributed by atoms with Gasteiger partial charge in [-0.1, -0.05) is 0 Å². The molecule has 0 aliphatic carbocycles. The molecule has 18 heavy (non-hydrogen) atoms. The molecule has 1 rings (SSSR count). The van der Waals surface area contributed by atoms with Gasteiger partial charge in [-0.15, -0.1) is 0 Å². The van der Waals surface area contributed by atoms with Crippen molar-refractivity contribution in [3.05, 3.63) is 29.6 Å². The number of nitrogens with one attached hydrogen (secondary N) is 1. The number of halogens is 1. The molecular weight excluding hydrogens is 241 g/mol. The molecule has 1 amide bonds. The molecule has 6 heteroatoms. The first kappa shape index (κ1) is 14.0. The number of carbonyl (C=O) groups is 2. The van der Waals surface area contributed by atoms with Crippen LogP contribution in [0.3, 0.4) is 0 Å². The van der Waals surface area contributed by atoms with Crippen molar-refractivity contribution in [1.82, 2.24) is 5.32 Å². The monoisotopic (exact) mass is 255 g/mol. The molecular formula is C12H14FNO4. The third-order valence-electron chi connectivity index (χ3n) is 1.99. The quantitative estimate of drug-likeness (QED) is 0.834. The molecule has 0 radical (unpaired) electrons. The Kier molecular flexibility index (Phi) is 4.65. The van der Waals surface area contributed by atoms with Gasteiger partial charge in [-0.2, -0.15) is 0 Å². The predicted molar refractivity (Wildman–Crippen MR) is 62.1 cm³/mol. The fraction of sp³-hybridized carbons (Fsp3) is 0.333. The van der Waals surface area contributed by atoms with Crippen molar-refractivity contribution < 1.29 is 23.8 Å². The van der Waals surface area contributed by atoms with Gasteiger partial charge in [0, 0.05) is 6.04 Å². The molecule has 0 aliphatic rings. The molecule has 0 spiro atoms. The Labute approximate surface area is 104 Å². The number of rotatable bonds is 5. The highest BCUT2D eigenvalue weighted by atomic mass is 19.1. The molecule has 0 unspecified atom stereocenters. The van der Waals surface area contributed by atoms with Crippen molar-refractivity contribution in [1.29, 1.82) is 0 Å². The molecule has 0 aromatic heterocycles. The maximum atomic E-state index is 13.4. The predicted octanol–water partition coefficient (Wildman–Crippen LogP) is 1.43. The Hall–Kier alpha value is -2.11. The molecule has 1 aromatic rings. The van der Waals surface area contributed by atoms with Crippen LogP contribution in [0.2, 0.25) is 0 Å². The van der Waals surface area contributed by atoms with Gasteiger partial charge < -0.3 is 15.2 Å². The second-order valence-electron chi connectivity index (χ2n) is 3.96. The highest BCUT2D eigenvalue weighted by Crippen LogP contribution is 2.18. The van der Waals surface area contributed by atoms with E-state index in [-0.39, 0.29) is 29.9 Å². The lowest BCUT2D eigenvalue weighted by Gasteiger charge is -2.10. The van der Waals surface area contributed by atoms with E-state index < -0.39 is 11.8 Å². The molecule has 0 saturated heterocycles. The number of carboxylic acids is 1. The van der Waals surface area contributed by atoms with Gasteiger partial charge in [0.25, 0.3) is 5.91 Å². The zero-order valence-electron chi connectivity index (χ0n) is 10.1. The van der Waals surface area contributed by atoms with Crippen LogP contribution in [0.1, 0.15) is 24.2 Å². The standard InChI is InChI=1S/C12H14FNO4/c1-7(2)14-11(15)6-18-10-4-3-8(12(16)17)5-9(10)13/h3-5,7H,6H2,1-2H3,(H,14,15)(H,16,17). The van der Waals surface area contributed by atoms with Crippen molar-refractivity contribution in [3.63, 3.8) is 0 Å². The van der Waals surface area contributed by atoms with Crippen molar-refractivity contribution in [2.75, 3.05) is 6.61 Å². The summed E-state index contributed by atoms with van der Waals surface area (Å²) >= 11 is 0. The number of aromatic carboxylic acids is 1. The second kappa shape index (κ2) is 6.00. The fourth-order valence-corrected chi connectivity index (χ4v) is 1.26. The van der Waals surface area contributed by atoms with Gasteiger partial charge in [0.2, 0.25) is 0 Å². The van der Waals surface area contributed by atoms with Gasteiger partial charge in [0.05, 0.1) is 5.56 Å². The molecule has 2 N–H and O–H groups in total. The summed E-state index contributed by atoms with van der Waals surface area (Å²) < 4.78 is 18.4. The summed E-state index contributed by atoms with van der Waals surface area (Å²) in [4.78, 5) is 21.8. The first-order chi connectivity index (χ1) is 8.40. The first-order valence-corrected chi connectivity index (χ1v) is 5.35. The van der Waals surface area contributed by atoms with Crippen LogP contribution in [-0.2, 0) is 4.79 Å². The number of hydrogen-bond acceptors (Lipinski definition) is 3. The van der Waals surface area contributed by atoms with Gasteiger partial charge in [0.15, 0.2) is 18.2 Å². The van der Waals surface area contributed by atoms with Crippen molar-refractivity contribution in [2.24, 2.45) is 0 Å². The van der Waals surface area contributed by atoms with E-state index in [0.29, 0.717) is 0 Å². The van der Waals surface area contributed by atoms with Crippen molar-refractivity contribution >= 4 is 11.9 Å². The SMILES string of the molecule is CC(C)NC(=O)COc1ccc(C(=O)O)cc1F. The Morgan fingerprint density at radius 3 is 2.61 bits per heavy atom. The largest absolute Gasteiger partial charge is 0.481 e. The van der Waals surface area contributed by atoms with Gasteiger partial charge in [-0.3, -0.25) is 4.79 Å². The van der Waals surface area contributed by atoms with E-state index in [9.17, 15) is 14.0 Å². The average molecular weight is 255 g/mol. The molecule has 0 bridgehead atoms. The number of benzene rings is 1. The zero-order chi connectivity index (χ0) is 13.7. The van der Waals surface area contributed by atoms with Gasteiger partial charge in [0.1, 0.15) is 0 Å². The molecule has 1 aromatic carbocycles.